The van der Waals surface area contributed by atoms with Gasteiger partial charge in [0.2, 0.25) is 0 Å². The largest absolute Gasteiger partial charge is 0.364 e. The zero-order valence-corrected chi connectivity index (χ0v) is 16.7. The molecule has 7 heteroatoms. The topological polar surface area (TPSA) is 103 Å². The third kappa shape index (κ3) is 3.53. The van der Waals surface area contributed by atoms with Gasteiger partial charge >= 0.3 is 0 Å². The summed E-state index contributed by atoms with van der Waals surface area (Å²) in [7, 11) is 0. The number of carbonyl (C=O) groups is 2. The van der Waals surface area contributed by atoms with E-state index in [-0.39, 0.29) is 11.6 Å². The molecule has 2 aromatic carbocycles. The molecule has 2 aromatic heterocycles. The van der Waals surface area contributed by atoms with Crippen molar-refractivity contribution in [3.63, 3.8) is 0 Å². The van der Waals surface area contributed by atoms with E-state index in [9.17, 15) is 9.59 Å². The number of primary amides is 1. The molecule has 4 aromatic rings. The minimum absolute atomic E-state index is 0.177. The Morgan fingerprint density at radius 2 is 1.80 bits per heavy atom. The molecule has 0 saturated heterocycles. The van der Waals surface area contributed by atoms with Crippen LogP contribution in [0.2, 0.25) is 0 Å². The zero-order chi connectivity index (χ0) is 21.3. The van der Waals surface area contributed by atoms with Crippen LogP contribution in [-0.4, -0.2) is 26.6 Å². The second-order valence-electron chi connectivity index (χ2n) is 6.94. The molecule has 0 unspecified atom stereocenters. The van der Waals surface area contributed by atoms with E-state index >= 15 is 0 Å². The predicted octanol–water partition coefficient (Wildman–Crippen LogP) is 3.64. The Hall–Kier alpha value is -4.00. The van der Waals surface area contributed by atoms with Crippen molar-refractivity contribution in [1.29, 1.82) is 0 Å². The maximum absolute atomic E-state index is 13.1. The van der Waals surface area contributed by atoms with E-state index in [2.05, 4.69) is 15.4 Å². The smallest absolute Gasteiger partial charge is 0.269 e. The predicted molar refractivity (Wildman–Crippen MR) is 116 cm³/mol. The SMILES string of the molecule is CCc1nc2ccccc2c(C(=O)Nc2ccc(-n3ccc(C(N)=O)n3)cc2)c1C. The van der Waals surface area contributed by atoms with E-state index < -0.39 is 5.91 Å². The van der Waals surface area contributed by atoms with Gasteiger partial charge in [-0.2, -0.15) is 5.10 Å². The molecule has 0 spiro atoms. The highest BCUT2D eigenvalue weighted by Gasteiger charge is 2.17. The second kappa shape index (κ2) is 7.79. The summed E-state index contributed by atoms with van der Waals surface area (Å²) in [6.07, 6.45) is 2.41. The average Bonchev–Trinajstić information content (AvgIpc) is 3.24. The molecule has 0 aliphatic carbocycles. The van der Waals surface area contributed by atoms with Gasteiger partial charge in [0.25, 0.3) is 11.8 Å². The molecule has 0 atom stereocenters. The third-order valence-corrected chi connectivity index (χ3v) is 5.03. The fraction of sp³-hybridized carbons (Fsp3) is 0.130. The van der Waals surface area contributed by atoms with Gasteiger partial charge in [0.05, 0.1) is 16.8 Å². The number of pyridine rings is 1. The lowest BCUT2D eigenvalue weighted by Gasteiger charge is -2.14. The van der Waals surface area contributed by atoms with E-state index in [4.69, 9.17) is 5.73 Å². The number of anilines is 1. The summed E-state index contributed by atoms with van der Waals surface area (Å²) in [5.41, 5.74) is 10.1. The Balaban J connectivity index is 1.63. The van der Waals surface area contributed by atoms with Crippen LogP contribution in [-0.2, 0) is 6.42 Å². The second-order valence-corrected chi connectivity index (χ2v) is 6.94. The Morgan fingerprint density at radius 3 is 2.47 bits per heavy atom. The normalized spacial score (nSPS) is 10.9. The molecule has 4 rings (SSSR count). The molecule has 2 heterocycles. The number of aromatic nitrogens is 3. The highest BCUT2D eigenvalue weighted by atomic mass is 16.2. The van der Waals surface area contributed by atoms with Crippen molar-refractivity contribution in [3.8, 4) is 5.69 Å². The minimum atomic E-state index is -0.580. The summed E-state index contributed by atoms with van der Waals surface area (Å²) < 4.78 is 1.56. The van der Waals surface area contributed by atoms with Gasteiger partial charge in [-0.3, -0.25) is 14.6 Å². The van der Waals surface area contributed by atoms with Crippen molar-refractivity contribution in [2.24, 2.45) is 5.73 Å². The molecule has 0 aliphatic heterocycles. The van der Waals surface area contributed by atoms with E-state index in [1.807, 2.05) is 50.2 Å². The molecule has 150 valence electrons. The number of hydrogen-bond acceptors (Lipinski definition) is 4. The first-order valence-electron chi connectivity index (χ1n) is 9.63. The molecule has 3 N–H and O–H groups in total. The molecule has 0 saturated carbocycles. The number of aryl methyl sites for hydroxylation is 1. The number of fused-ring (bicyclic) bond motifs is 1. The number of benzene rings is 2. The van der Waals surface area contributed by atoms with E-state index in [0.29, 0.717) is 11.3 Å². The average molecular weight is 399 g/mol. The van der Waals surface area contributed by atoms with Crippen LogP contribution in [0.1, 0.15) is 39.0 Å². The zero-order valence-electron chi connectivity index (χ0n) is 16.7. The Labute approximate surface area is 173 Å². The van der Waals surface area contributed by atoms with Crippen LogP contribution in [0.4, 0.5) is 5.69 Å². The molecule has 2 amide bonds. The Kier molecular flexibility index (Phi) is 5.02. The van der Waals surface area contributed by atoms with Crippen molar-refractivity contribution in [2.45, 2.75) is 20.3 Å². The first kappa shape index (κ1) is 19.3. The quantitative estimate of drug-likeness (QED) is 0.535. The lowest BCUT2D eigenvalue weighted by molar-refractivity contribution is 0.0993. The number of nitrogens with zero attached hydrogens (tertiary/aromatic N) is 3. The molecule has 0 fully saturated rings. The first-order valence-corrected chi connectivity index (χ1v) is 9.63. The van der Waals surface area contributed by atoms with E-state index in [1.54, 1.807) is 29.1 Å². The van der Waals surface area contributed by atoms with Crippen molar-refractivity contribution < 1.29 is 9.59 Å². The van der Waals surface area contributed by atoms with Gasteiger partial charge in [-0.15, -0.1) is 0 Å². The van der Waals surface area contributed by atoms with Crippen molar-refractivity contribution >= 4 is 28.4 Å². The number of nitrogens with two attached hydrogens (primary N) is 1. The van der Waals surface area contributed by atoms with Gasteiger partial charge < -0.3 is 11.1 Å². The minimum Gasteiger partial charge on any atom is -0.364 e. The summed E-state index contributed by atoms with van der Waals surface area (Å²) in [5, 5.41) is 7.94. The van der Waals surface area contributed by atoms with Crippen LogP contribution in [0, 0.1) is 6.92 Å². The van der Waals surface area contributed by atoms with Crippen LogP contribution in [0.5, 0.6) is 0 Å². The third-order valence-electron chi connectivity index (χ3n) is 5.03. The number of amides is 2. The first-order chi connectivity index (χ1) is 14.5. The lowest BCUT2D eigenvalue weighted by Crippen LogP contribution is -2.16. The summed E-state index contributed by atoms with van der Waals surface area (Å²) in [6.45, 7) is 3.97. The molecule has 0 aliphatic rings. The number of para-hydroxylation sites is 1. The van der Waals surface area contributed by atoms with Gasteiger partial charge in [0, 0.05) is 23.0 Å². The summed E-state index contributed by atoms with van der Waals surface area (Å²) in [6, 6.07) is 16.4. The van der Waals surface area contributed by atoms with Gasteiger partial charge in [0.15, 0.2) is 0 Å². The maximum atomic E-state index is 13.1. The van der Waals surface area contributed by atoms with Crippen LogP contribution in [0.15, 0.2) is 60.8 Å². The van der Waals surface area contributed by atoms with Crippen molar-refractivity contribution in [2.75, 3.05) is 5.32 Å². The molecule has 7 nitrogen and oxygen atoms in total. The van der Waals surface area contributed by atoms with Crippen LogP contribution in [0.3, 0.4) is 0 Å². The van der Waals surface area contributed by atoms with Gasteiger partial charge in [-0.25, -0.2) is 4.68 Å². The summed E-state index contributed by atoms with van der Waals surface area (Å²) in [4.78, 5) is 29.0. The fourth-order valence-electron chi connectivity index (χ4n) is 3.49. The molecular formula is C23H21N5O2. The summed E-state index contributed by atoms with van der Waals surface area (Å²) in [5.74, 6) is -0.757. The standard InChI is InChI=1S/C23H21N5O2/c1-3-18-14(2)21(17-6-4-5-7-19(17)26-18)23(30)25-15-8-10-16(11-9-15)28-13-12-20(27-28)22(24)29/h4-13H,3H2,1-2H3,(H2,24,29)(H,25,30). The van der Waals surface area contributed by atoms with Crippen molar-refractivity contribution in [1.82, 2.24) is 14.8 Å². The van der Waals surface area contributed by atoms with Gasteiger partial charge in [-0.1, -0.05) is 25.1 Å². The molecule has 0 radical (unpaired) electrons. The monoisotopic (exact) mass is 399 g/mol. The highest BCUT2D eigenvalue weighted by Crippen LogP contribution is 2.25. The maximum Gasteiger partial charge on any atom is 0.269 e. The number of nitrogens with one attached hydrogen (secondary N) is 1. The van der Waals surface area contributed by atoms with Crippen LogP contribution >= 0.6 is 0 Å². The Morgan fingerprint density at radius 1 is 1.07 bits per heavy atom. The van der Waals surface area contributed by atoms with Crippen LogP contribution < -0.4 is 11.1 Å². The van der Waals surface area contributed by atoms with E-state index in [1.165, 1.54) is 0 Å². The summed E-state index contributed by atoms with van der Waals surface area (Å²) >= 11 is 0. The molecule has 30 heavy (non-hydrogen) atoms. The van der Waals surface area contributed by atoms with Gasteiger partial charge in [-0.05, 0) is 55.3 Å². The molecular weight excluding hydrogens is 378 g/mol. The Bertz CT molecular complexity index is 1260. The van der Waals surface area contributed by atoms with Gasteiger partial charge in [0.1, 0.15) is 5.69 Å². The van der Waals surface area contributed by atoms with E-state index in [0.717, 1.165) is 34.3 Å². The number of rotatable bonds is 5. The number of carbonyl (C=O) groups excluding carboxylic acids is 2. The lowest BCUT2D eigenvalue weighted by atomic mass is 9.99. The van der Waals surface area contributed by atoms with Crippen molar-refractivity contribution in [3.05, 3.63) is 83.3 Å². The number of hydrogen-bond donors (Lipinski definition) is 2. The van der Waals surface area contributed by atoms with Crippen LogP contribution in [0.25, 0.3) is 16.6 Å². The highest BCUT2D eigenvalue weighted by molar-refractivity contribution is 6.13. The molecule has 0 bridgehead atoms. The fourth-order valence-corrected chi connectivity index (χ4v) is 3.49.